The molecule has 1 N–H and O–H groups in total. The number of esters is 1. The quantitative estimate of drug-likeness (QED) is 0.652. The Morgan fingerprint density at radius 3 is 1.86 bits per heavy atom. The average Bonchev–Trinajstić information content (AvgIpc) is 3.21. The minimum Gasteiger partial charge on any atom is -0.481 e. The first-order valence-corrected chi connectivity index (χ1v) is 9.18. The molecular formula is C23H20O5. The fourth-order valence-electron chi connectivity index (χ4n) is 4.16. The van der Waals surface area contributed by atoms with Crippen molar-refractivity contribution >= 4 is 11.9 Å². The molecule has 4 atom stereocenters. The van der Waals surface area contributed by atoms with Gasteiger partial charge in [0, 0.05) is 11.8 Å². The molecule has 2 unspecified atom stereocenters. The molecule has 4 rings (SSSR count). The monoisotopic (exact) mass is 376 g/mol. The lowest BCUT2D eigenvalue weighted by atomic mass is 9.52. The number of carboxylic acids is 1. The van der Waals surface area contributed by atoms with Crippen LogP contribution in [0.25, 0.3) is 0 Å². The Balaban J connectivity index is 1.66. The van der Waals surface area contributed by atoms with Gasteiger partial charge in [-0.15, -0.1) is 0 Å². The number of ether oxygens (including phenoxy) is 1. The standard InChI is InChI=1S/C23H20O5/c24-22(25)20-18(15-8-3-1-4-9-15)21(19(20)16-10-5-2-6-11-16)23(26)28-14-17-12-7-13-27-17/h1-13,18-21H,14H2,(H,24,25)/t18-,19+,20?,21?. The van der Waals surface area contributed by atoms with E-state index in [-0.39, 0.29) is 6.61 Å². The molecule has 1 heterocycles. The first-order valence-electron chi connectivity index (χ1n) is 9.18. The molecule has 0 aliphatic heterocycles. The Morgan fingerprint density at radius 2 is 1.39 bits per heavy atom. The van der Waals surface area contributed by atoms with Crippen LogP contribution in [-0.4, -0.2) is 17.0 Å². The topological polar surface area (TPSA) is 76.7 Å². The van der Waals surface area contributed by atoms with Crippen LogP contribution in [0.2, 0.25) is 0 Å². The van der Waals surface area contributed by atoms with Crippen molar-refractivity contribution < 1.29 is 23.8 Å². The predicted molar refractivity (Wildman–Crippen MR) is 101 cm³/mol. The van der Waals surface area contributed by atoms with E-state index >= 15 is 0 Å². The van der Waals surface area contributed by atoms with Gasteiger partial charge >= 0.3 is 11.9 Å². The van der Waals surface area contributed by atoms with Gasteiger partial charge in [0.05, 0.1) is 18.1 Å². The fraction of sp³-hybridized carbons (Fsp3) is 0.217. The summed E-state index contributed by atoms with van der Waals surface area (Å²) in [6, 6.07) is 22.1. The molecule has 3 aromatic rings. The highest BCUT2D eigenvalue weighted by atomic mass is 16.5. The second-order valence-corrected chi connectivity index (χ2v) is 6.95. The van der Waals surface area contributed by atoms with E-state index in [0.717, 1.165) is 11.1 Å². The molecule has 0 bridgehead atoms. The SMILES string of the molecule is O=C(O)C1[C@@H](c2ccccc2)C(C(=O)OCc2ccco2)[C@H]1c1ccccc1. The summed E-state index contributed by atoms with van der Waals surface area (Å²) >= 11 is 0. The maximum Gasteiger partial charge on any atom is 0.310 e. The largest absolute Gasteiger partial charge is 0.481 e. The molecule has 28 heavy (non-hydrogen) atoms. The second kappa shape index (κ2) is 7.72. The maximum atomic E-state index is 13.0. The van der Waals surface area contributed by atoms with Crippen LogP contribution in [0.5, 0.6) is 0 Å². The summed E-state index contributed by atoms with van der Waals surface area (Å²) in [7, 11) is 0. The van der Waals surface area contributed by atoms with Crippen molar-refractivity contribution in [2.75, 3.05) is 0 Å². The molecule has 1 aliphatic carbocycles. The van der Waals surface area contributed by atoms with Crippen LogP contribution in [-0.2, 0) is 20.9 Å². The highest BCUT2D eigenvalue weighted by Crippen LogP contribution is 2.58. The molecule has 1 aromatic heterocycles. The first kappa shape index (κ1) is 18.0. The van der Waals surface area contributed by atoms with Crippen molar-refractivity contribution in [3.63, 3.8) is 0 Å². The fourth-order valence-corrected chi connectivity index (χ4v) is 4.16. The number of rotatable bonds is 6. The number of carbonyl (C=O) groups is 2. The van der Waals surface area contributed by atoms with Crippen LogP contribution in [0.1, 0.15) is 28.7 Å². The molecule has 2 aromatic carbocycles. The average molecular weight is 376 g/mol. The van der Waals surface area contributed by atoms with E-state index in [1.807, 2.05) is 60.7 Å². The summed E-state index contributed by atoms with van der Waals surface area (Å²) in [5.74, 6) is -2.89. The number of hydrogen-bond acceptors (Lipinski definition) is 4. The number of hydrogen-bond donors (Lipinski definition) is 1. The minimum absolute atomic E-state index is 0.0308. The minimum atomic E-state index is -0.905. The van der Waals surface area contributed by atoms with Gasteiger partial charge in [-0.05, 0) is 23.3 Å². The number of carboxylic acid groups (broad SMARTS) is 1. The smallest absolute Gasteiger partial charge is 0.310 e. The molecule has 5 heteroatoms. The van der Waals surface area contributed by atoms with Gasteiger partial charge in [-0.25, -0.2) is 0 Å². The number of benzene rings is 2. The molecule has 1 aliphatic rings. The number of aliphatic carboxylic acids is 1. The first-order chi connectivity index (χ1) is 13.7. The van der Waals surface area contributed by atoms with E-state index in [1.165, 1.54) is 6.26 Å². The zero-order valence-corrected chi connectivity index (χ0v) is 15.1. The molecule has 1 fully saturated rings. The number of carbonyl (C=O) groups excluding carboxylic acids is 1. The highest BCUT2D eigenvalue weighted by molar-refractivity contribution is 5.84. The van der Waals surface area contributed by atoms with Gasteiger partial charge in [-0.3, -0.25) is 9.59 Å². The van der Waals surface area contributed by atoms with Crippen LogP contribution >= 0.6 is 0 Å². The summed E-state index contributed by atoms with van der Waals surface area (Å²) in [6.07, 6.45) is 1.52. The summed E-state index contributed by atoms with van der Waals surface area (Å²) in [6.45, 7) is 0.0308. The Bertz CT molecular complexity index is 886. The van der Waals surface area contributed by atoms with Crippen LogP contribution in [0.3, 0.4) is 0 Å². The Kier molecular flexibility index (Phi) is 4.98. The second-order valence-electron chi connectivity index (χ2n) is 6.95. The van der Waals surface area contributed by atoms with Crippen molar-refractivity contribution in [2.24, 2.45) is 11.8 Å². The van der Waals surface area contributed by atoms with Gasteiger partial charge < -0.3 is 14.3 Å². The van der Waals surface area contributed by atoms with E-state index in [4.69, 9.17) is 9.15 Å². The van der Waals surface area contributed by atoms with E-state index in [2.05, 4.69) is 0 Å². The summed E-state index contributed by atoms with van der Waals surface area (Å²) in [5, 5.41) is 9.91. The zero-order chi connectivity index (χ0) is 19.5. The van der Waals surface area contributed by atoms with Crippen LogP contribution in [0.15, 0.2) is 83.5 Å². The lowest BCUT2D eigenvalue weighted by molar-refractivity contribution is -0.165. The third-order valence-electron chi connectivity index (χ3n) is 5.41. The lowest BCUT2D eigenvalue weighted by Crippen LogP contribution is -2.51. The van der Waals surface area contributed by atoms with Gasteiger partial charge in [0.15, 0.2) is 0 Å². The molecular weight excluding hydrogens is 356 g/mol. The van der Waals surface area contributed by atoms with Gasteiger partial charge in [0.2, 0.25) is 0 Å². The highest BCUT2D eigenvalue weighted by Gasteiger charge is 2.59. The molecule has 0 amide bonds. The summed E-state index contributed by atoms with van der Waals surface area (Å²) in [4.78, 5) is 25.1. The van der Waals surface area contributed by atoms with E-state index in [9.17, 15) is 14.7 Å². The molecule has 0 saturated heterocycles. The zero-order valence-electron chi connectivity index (χ0n) is 15.1. The van der Waals surface area contributed by atoms with Crippen LogP contribution in [0.4, 0.5) is 0 Å². The van der Waals surface area contributed by atoms with E-state index in [1.54, 1.807) is 12.1 Å². The van der Waals surface area contributed by atoms with Crippen molar-refractivity contribution in [3.8, 4) is 0 Å². The van der Waals surface area contributed by atoms with E-state index < -0.39 is 35.6 Å². The predicted octanol–water partition coefficient (Wildman–Crippen LogP) is 4.22. The van der Waals surface area contributed by atoms with Crippen LogP contribution < -0.4 is 0 Å². The van der Waals surface area contributed by atoms with Crippen molar-refractivity contribution in [3.05, 3.63) is 95.9 Å². The summed E-state index contributed by atoms with van der Waals surface area (Å²) < 4.78 is 10.7. The van der Waals surface area contributed by atoms with Crippen molar-refractivity contribution in [1.29, 1.82) is 0 Å². The molecule has 5 nitrogen and oxygen atoms in total. The van der Waals surface area contributed by atoms with Crippen molar-refractivity contribution in [1.82, 2.24) is 0 Å². The van der Waals surface area contributed by atoms with Gasteiger partial charge in [0.1, 0.15) is 12.4 Å². The Labute approximate surface area is 162 Å². The van der Waals surface area contributed by atoms with Gasteiger partial charge in [0.25, 0.3) is 0 Å². The molecule has 0 spiro atoms. The molecule has 1 saturated carbocycles. The van der Waals surface area contributed by atoms with E-state index in [0.29, 0.717) is 5.76 Å². The third-order valence-corrected chi connectivity index (χ3v) is 5.41. The third kappa shape index (κ3) is 3.31. The van der Waals surface area contributed by atoms with Gasteiger partial charge in [-0.1, -0.05) is 60.7 Å². The maximum absolute atomic E-state index is 13.0. The van der Waals surface area contributed by atoms with Crippen LogP contribution in [0, 0.1) is 11.8 Å². The Hall–Kier alpha value is -3.34. The Morgan fingerprint density at radius 1 is 0.821 bits per heavy atom. The lowest BCUT2D eigenvalue weighted by Gasteiger charge is -2.49. The number of furan rings is 1. The normalized spacial score (nSPS) is 23.6. The van der Waals surface area contributed by atoms with Crippen molar-refractivity contribution in [2.45, 2.75) is 18.4 Å². The molecule has 0 radical (unpaired) electrons. The molecule has 142 valence electrons. The van der Waals surface area contributed by atoms with Gasteiger partial charge in [-0.2, -0.15) is 0 Å². The summed E-state index contributed by atoms with van der Waals surface area (Å²) in [5.41, 5.74) is 1.67.